The number of unbranched alkanes of at least 4 members (excludes halogenated alkanes) is 13. The van der Waals surface area contributed by atoms with E-state index in [9.17, 15) is 14.4 Å². The van der Waals surface area contributed by atoms with E-state index in [2.05, 4.69) is 104 Å². The molecule has 2 N–H and O–H groups in total. The van der Waals surface area contributed by atoms with E-state index in [1.165, 1.54) is 51.4 Å². The van der Waals surface area contributed by atoms with Crippen LogP contribution in [-0.2, 0) is 19.1 Å². The third-order valence-electron chi connectivity index (χ3n) is 9.06. The minimum Gasteiger partial charge on any atom is -0.480 e. The van der Waals surface area contributed by atoms with Gasteiger partial charge in [-0.1, -0.05) is 163 Å². The Morgan fingerprint density at radius 3 is 1.50 bits per heavy atom. The molecule has 306 valence electrons. The summed E-state index contributed by atoms with van der Waals surface area (Å²) >= 11 is 0. The zero-order valence-electron chi connectivity index (χ0n) is 34.5. The SMILES string of the molecule is CC/C=C\C/C=C\C/C=C\C/C=C\C/C=C\C/C=C\CCC(=O)OC(CCC/C=C\CCCCCCCCCC)CCCCCCCC(=O)NCC(=O)O. The fourth-order valence-corrected chi connectivity index (χ4v) is 5.89. The van der Waals surface area contributed by atoms with Gasteiger partial charge in [0.05, 0.1) is 0 Å². The maximum Gasteiger partial charge on any atom is 0.322 e. The number of esters is 1. The van der Waals surface area contributed by atoms with Crippen LogP contribution in [0.1, 0.15) is 187 Å². The lowest BCUT2D eigenvalue weighted by atomic mass is 10.0. The number of carboxylic acids is 1. The molecule has 0 bridgehead atoms. The van der Waals surface area contributed by atoms with Crippen molar-refractivity contribution >= 4 is 17.8 Å². The summed E-state index contributed by atoms with van der Waals surface area (Å²) in [6.07, 6.45) is 58.5. The number of allylic oxidation sites excluding steroid dienone is 14. The number of rotatable bonds is 38. The predicted molar refractivity (Wildman–Crippen MR) is 231 cm³/mol. The van der Waals surface area contributed by atoms with Gasteiger partial charge in [-0.25, -0.2) is 0 Å². The molecule has 0 rings (SSSR count). The van der Waals surface area contributed by atoms with Crippen molar-refractivity contribution in [3.8, 4) is 0 Å². The second-order valence-electron chi connectivity index (χ2n) is 14.2. The average Bonchev–Trinajstić information content (AvgIpc) is 3.16. The molecule has 0 aliphatic carbocycles. The van der Waals surface area contributed by atoms with Gasteiger partial charge < -0.3 is 15.2 Å². The second-order valence-corrected chi connectivity index (χ2v) is 14.2. The number of aliphatic carboxylic acids is 1. The summed E-state index contributed by atoms with van der Waals surface area (Å²) in [7, 11) is 0. The zero-order valence-corrected chi connectivity index (χ0v) is 34.5. The molecule has 54 heavy (non-hydrogen) atoms. The molecule has 0 heterocycles. The highest BCUT2D eigenvalue weighted by Gasteiger charge is 2.14. The number of hydrogen-bond acceptors (Lipinski definition) is 4. The van der Waals surface area contributed by atoms with Crippen molar-refractivity contribution in [2.24, 2.45) is 0 Å². The lowest BCUT2D eigenvalue weighted by Gasteiger charge is -2.17. The van der Waals surface area contributed by atoms with Gasteiger partial charge in [-0.3, -0.25) is 14.4 Å². The lowest BCUT2D eigenvalue weighted by molar-refractivity contribution is -0.149. The normalized spacial score (nSPS) is 12.9. The van der Waals surface area contributed by atoms with Gasteiger partial charge in [-0.15, -0.1) is 0 Å². The molecule has 0 aliphatic heterocycles. The van der Waals surface area contributed by atoms with Crippen molar-refractivity contribution in [3.05, 3.63) is 85.1 Å². The molecule has 0 fully saturated rings. The van der Waals surface area contributed by atoms with Crippen LogP contribution in [0.2, 0.25) is 0 Å². The summed E-state index contributed by atoms with van der Waals surface area (Å²) in [6, 6.07) is 0. The number of carbonyl (C=O) groups excluding carboxylic acids is 2. The summed E-state index contributed by atoms with van der Waals surface area (Å²) in [5.74, 6) is -1.35. The maximum absolute atomic E-state index is 12.7. The van der Waals surface area contributed by atoms with Crippen LogP contribution in [-0.4, -0.2) is 35.6 Å². The van der Waals surface area contributed by atoms with Crippen LogP contribution in [0.3, 0.4) is 0 Å². The molecule has 6 heteroatoms. The van der Waals surface area contributed by atoms with E-state index >= 15 is 0 Å². The first-order valence-electron chi connectivity index (χ1n) is 21.7. The van der Waals surface area contributed by atoms with Crippen molar-refractivity contribution in [2.45, 2.75) is 193 Å². The number of ether oxygens (including phenoxy) is 1. The van der Waals surface area contributed by atoms with Gasteiger partial charge in [0.1, 0.15) is 12.6 Å². The third kappa shape index (κ3) is 41.3. The van der Waals surface area contributed by atoms with E-state index in [1.54, 1.807) is 0 Å². The van der Waals surface area contributed by atoms with Gasteiger partial charge in [-0.05, 0) is 96.3 Å². The Kier molecular flexibility index (Phi) is 39.7. The Labute approximate surface area is 331 Å². The van der Waals surface area contributed by atoms with Crippen LogP contribution in [0.5, 0.6) is 0 Å². The second kappa shape index (κ2) is 42.3. The third-order valence-corrected chi connectivity index (χ3v) is 9.06. The van der Waals surface area contributed by atoms with Crippen molar-refractivity contribution in [1.29, 1.82) is 0 Å². The van der Waals surface area contributed by atoms with Gasteiger partial charge in [0.25, 0.3) is 0 Å². The largest absolute Gasteiger partial charge is 0.480 e. The highest BCUT2D eigenvalue weighted by molar-refractivity contribution is 5.80. The quantitative estimate of drug-likeness (QED) is 0.0372. The first-order chi connectivity index (χ1) is 26.5. The van der Waals surface area contributed by atoms with E-state index in [-0.39, 0.29) is 24.5 Å². The summed E-state index contributed by atoms with van der Waals surface area (Å²) < 4.78 is 5.97. The fraction of sp³-hybridized carbons (Fsp3) is 0.646. The van der Waals surface area contributed by atoms with Crippen molar-refractivity contribution < 1.29 is 24.2 Å². The number of carboxylic acid groups (broad SMARTS) is 1. The summed E-state index contributed by atoms with van der Waals surface area (Å²) in [6.45, 7) is 4.09. The number of nitrogens with one attached hydrogen (secondary N) is 1. The Balaban J connectivity index is 4.36. The predicted octanol–water partition coefficient (Wildman–Crippen LogP) is 13.6. The average molecular weight is 750 g/mol. The number of amides is 1. The monoisotopic (exact) mass is 750 g/mol. The molecule has 0 saturated heterocycles. The van der Waals surface area contributed by atoms with Crippen LogP contribution in [0, 0.1) is 0 Å². The molecule has 1 unspecified atom stereocenters. The molecular formula is C48H79NO5. The Morgan fingerprint density at radius 2 is 0.944 bits per heavy atom. The van der Waals surface area contributed by atoms with Crippen molar-refractivity contribution in [1.82, 2.24) is 5.32 Å². The maximum atomic E-state index is 12.7. The highest BCUT2D eigenvalue weighted by Crippen LogP contribution is 2.17. The summed E-state index contributed by atoms with van der Waals surface area (Å²) in [5.41, 5.74) is 0. The van der Waals surface area contributed by atoms with E-state index in [0.717, 1.165) is 103 Å². The molecule has 1 amide bonds. The van der Waals surface area contributed by atoms with Gasteiger partial charge >= 0.3 is 11.9 Å². The topological polar surface area (TPSA) is 92.7 Å². The fourth-order valence-electron chi connectivity index (χ4n) is 5.89. The Morgan fingerprint density at radius 1 is 0.500 bits per heavy atom. The molecule has 1 atom stereocenters. The van der Waals surface area contributed by atoms with Gasteiger partial charge in [-0.2, -0.15) is 0 Å². The van der Waals surface area contributed by atoms with Gasteiger partial charge in [0.2, 0.25) is 5.91 Å². The van der Waals surface area contributed by atoms with E-state index in [1.807, 2.05) is 0 Å². The van der Waals surface area contributed by atoms with Crippen LogP contribution in [0.4, 0.5) is 0 Å². The number of hydrogen-bond donors (Lipinski definition) is 2. The van der Waals surface area contributed by atoms with E-state index in [0.29, 0.717) is 19.3 Å². The molecule has 0 aromatic heterocycles. The smallest absolute Gasteiger partial charge is 0.322 e. The van der Waals surface area contributed by atoms with Crippen LogP contribution in [0.25, 0.3) is 0 Å². The standard InChI is InChI=1S/C48H79NO5/c1-3-5-7-9-11-13-15-17-18-19-20-21-22-24-26-28-30-35-39-43-48(53)54-45(41-37-33-31-34-38-42-46(50)49-44-47(51)52)40-36-32-29-27-25-23-16-14-12-10-8-6-4-2/h5,7,11,13,17-18,20-21,24,26-27,29-30,35,45H,3-4,6,8-10,12,14-16,19,22-23,25,28,31-34,36-44H2,1-2H3,(H,49,50)(H,51,52)/b7-5-,13-11-,18-17-,21-20-,26-24-,29-27-,35-30-. The number of carbonyl (C=O) groups is 3. The van der Waals surface area contributed by atoms with Crippen LogP contribution in [0.15, 0.2) is 85.1 Å². The molecule has 0 radical (unpaired) electrons. The molecule has 0 spiro atoms. The molecule has 6 nitrogen and oxygen atoms in total. The first-order valence-corrected chi connectivity index (χ1v) is 21.7. The summed E-state index contributed by atoms with van der Waals surface area (Å²) in [4.78, 5) is 35.0. The first kappa shape index (κ1) is 50.6. The molecule has 0 aromatic carbocycles. The van der Waals surface area contributed by atoms with Gasteiger partial charge in [0, 0.05) is 12.8 Å². The zero-order chi connectivity index (χ0) is 39.4. The van der Waals surface area contributed by atoms with Crippen molar-refractivity contribution in [2.75, 3.05) is 6.54 Å². The van der Waals surface area contributed by atoms with Crippen LogP contribution >= 0.6 is 0 Å². The van der Waals surface area contributed by atoms with Crippen LogP contribution < -0.4 is 5.32 Å². The highest BCUT2D eigenvalue weighted by atomic mass is 16.5. The Hall–Kier alpha value is -3.41. The molecular weight excluding hydrogens is 671 g/mol. The minimum absolute atomic E-state index is 0.0503. The Bertz CT molecular complexity index is 1100. The van der Waals surface area contributed by atoms with Crippen molar-refractivity contribution in [3.63, 3.8) is 0 Å². The van der Waals surface area contributed by atoms with E-state index < -0.39 is 5.97 Å². The lowest BCUT2D eigenvalue weighted by Crippen LogP contribution is -2.28. The van der Waals surface area contributed by atoms with Gasteiger partial charge in [0.15, 0.2) is 0 Å². The molecule has 0 aliphatic rings. The molecule has 0 aromatic rings. The molecule has 0 saturated carbocycles. The summed E-state index contributed by atoms with van der Waals surface area (Å²) in [5, 5.41) is 11.1. The minimum atomic E-state index is -1.03. The van der Waals surface area contributed by atoms with E-state index in [4.69, 9.17) is 9.84 Å².